The Morgan fingerprint density at radius 3 is 2.69 bits per heavy atom. The largest absolute Gasteiger partial charge is 0.435 e. The summed E-state index contributed by atoms with van der Waals surface area (Å²) in [6.07, 6.45) is 3.04. The summed E-state index contributed by atoms with van der Waals surface area (Å²) in [6.45, 7) is -2.96. The van der Waals surface area contributed by atoms with E-state index in [1.54, 1.807) is 12.3 Å². The number of hydrogen-bond acceptors (Lipinski definition) is 2. The number of ether oxygens (including phenoxy) is 1. The highest BCUT2D eigenvalue weighted by Crippen LogP contribution is 2.20. The second-order valence-corrected chi connectivity index (χ2v) is 2.94. The van der Waals surface area contributed by atoms with Gasteiger partial charge in [-0.2, -0.15) is 13.9 Å². The average Bonchev–Trinajstić information content (AvgIpc) is 2.69. The van der Waals surface area contributed by atoms with Crippen molar-refractivity contribution in [1.82, 2.24) is 9.78 Å². The molecular formula is C10H7F3N2O. The molecule has 6 heteroatoms. The highest BCUT2D eigenvalue weighted by Gasteiger charge is 2.09. The van der Waals surface area contributed by atoms with E-state index in [-0.39, 0.29) is 11.4 Å². The van der Waals surface area contributed by atoms with Gasteiger partial charge in [0.2, 0.25) is 0 Å². The standard InChI is InChI=1S/C10H7F3N2O/c11-8-6-7(16-10(12)13)2-3-9(8)15-5-1-4-14-15/h1-6,10H. The molecule has 3 nitrogen and oxygen atoms in total. The van der Waals surface area contributed by atoms with Gasteiger partial charge < -0.3 is 4.74 Å². The lowest BCUT2D eigenvalue weighted by atomic mass is 10.3. The maximum atomic E-state index is 13.5. The van der Waals surface area contributed by atoms with Crippen LogP contribution in [0.5, 0.6) is 5.75 Å². The fourth-order valence-corrected chi connectivity index (χ4v) is 1.26. The van der Waals surface area contributed by atoms with Crippen molar-refractivity contribution in [2.45, 2.75) is 6.61 Å². The molecule has 1 heterocycles. The van der Waals surface area contributed by atoms with Gasteiger partial charge in [-0.25, -0.2) is 9.07 Å². The summed E-state index contributed by atoms with van der Waals surface area (Å²) in [5.41, 5.74) is 0.173. The Balaban J connectivity index is 2.30. The van der Waals surface area contributed by atoms with Crippen LogP contribution in [0.3, 0.4) is 0 Å². The normalized spacial score (nSPS) is 10.8. The zero-order valence-electron chi connectivity index (χ0n) is 7.98. The molecule has 1 aromatic carbocycles. The van der Waals surface area contributed by atoms with Gasteiger partial charge in [-0.3, -0.25) is 0 Å². The first-order valence-corrected chi connectivity index (χ1v) is 4.41. The molecule has 16 heavy (non-hydrogen) atoms. The zero-order valence-corrected chi connectivity index (χ0v) is 7.98. The Morgan fingerprint density at radius 2 is 2.12 bits per heavy atom. The Morgan fingerprint density at radius 1 is 1.31 bits per heavy atom. The minimum Gasteiger partial charge on any atom is -0.435 e. The monoisotopic (exact) mass is 228 g/mol. The number of halogens is 3. The highest BCUT2D eigenvalue weighted by molar-refractivity contribution is 5.38. The summed E-state index contributed by atoms with van der Waals surface area (Å²) >= 11 is 0. The fraction of sp³-hybridized carbons (Fsp3) is 0.100. The van der Waals surface area contributed by atoms with Gasteiger partial charge in [0, 0.05) is 18.5 Å². The van der Waals surface area contributed by atoms with E-state index in [1.807, 2.05) is 0 Å². The molecule has 0 aliphatic carbocycles. The summed E-state index contributed by atoms with van der Waals surface area (Å²) in [6, 6.07) is 5.10. The molecule has 0 bridgehead atoms. The van der Waals surface area contributed by atoms with E-state index in [0.29, 0.717) is 0 Å². The van der Waals surface area contributed by atoms with E-state index in [4.69, 9.17) is 0 Å². The Hall–Kier alpha value is -1.98. The van der Waals surface area contributed by atoms with Crippen LogP contribution in [0.1, 0.15) is 0 Å². The second kappa shape index (κ2) is 4.26. The summed E-state index contributed by atoms with van der Waals surface area (Å²) in [5, 5.41) is 3.83. The van der Waals surface area contributed by atoms with E-state index in [9.17, 15) is 13.2 Å². The summed E-state index contributed by atoms with van der Waals surface area (Å²) in [7, 11) is 0. The maximum Gasteiger partial charge on any atom is 0.387 e. The number of aromatic nitrogens is 2. The smallest absolute Gasteiger partial charge is 0.387 e. The third-order valence-electron chi connectivity index (χ3n) is 1.90. The predicted molar refractivity (Wildman–Crippen MR) is 50.2 cm³/mol. The number of alkyl halides is 2. The van der Waals surface area contributed by atoms with Gasteiger partial charge in [0.1, 0.15) is 11.4 Å². The van der Waals surface area contributed by atoms with Gasteiger partial charge in [0.05, 0.1) is 0 Å². The molecule has 0 aliphatic rings. The molecule has 0 radical (unpaired) electrons. The minimum absolute atomic E-state index is 0.173. The first-order chi connectivity index (χ1) is 7.66. The van der Waals surface area contributed by atoms with Crippen LogP contribution in [0.2, 0.25) is 0 Å². The molecule has 0 aliphatic heterocycles. The molecule has 0 atom stereocenters. The van der Waals surface area contributed by atoms with Crippen molar-refractivity contribution >= 4 is 0 Å². The van der Waals surface area contributed by atoms with Crippen molar-refractivity contribution in [2.75, 3.05) is 0 Å². The second-order valence-electron chi connectivity index (χ2n) is 2.94. The first-order valence-electron chi connectivity index (χ1n) is 4.41. The van der Waals surface area contributed by atoms with E-state index in [2.05, 4.69) is 9.84 Å². The van der Waals surface area contributed by atoms with Crippen LogP contribution in [-0.4, -0.2) is 16.4 Å². The van der Waals surface area contributed by atoms with Crippen molar-refractivity contribution < 1.29 is 17.9 Å². The molecule has 0 saturated heterocycles. The van der Waals surface area contributed by atoms with Gasteiger partial charge >= 0.3 is 6.61 Å². The van der Waals surface area contributed by atoms with Crippen LogP contribution in [0.15, 0.2) is 36.7 Å². The van der Waals surface area contributed by atoms with E-state index < -0.39 is 12.4 Å². The summed E-state index contributed by atoms with van der Waals surface area (Å²) in [5.74, 6) is -0.898. The zero-order chi connectivity index (χ0) is 11.5. The lowest BCUT2D eigenvalue weighted by Gasteiger charge is -2.07. The van der Waals surface area contributed by atoms with Gasteiger partial charge in [0.25, 0.3) is 0 Å². The van der Waals surface area contributed by atoms with Gasteiger partial charge in [-0.05, 0) is 18.2 Å². The molecule has 84 valence electrons. The number of benzene rings is 1. The quantitative estimate of drug-likeness (QED) is 0.807. The molecule has 0 amide bonds. The lowest BCUT2D eigenvalue weighted by Crippen LogP contribution is -2.03. The van der Waals surface area contributed by atoms with Crippen LogP contribution in [0.25, 0.3) is 5.69 Å². The van der Waals surface area contributed by atoms with Crippen LogP contribution in [0, 0.1) is 5.82 Å². The minimum atomic E-state index is -2.96. The number of rotatable bonds is 3. The molecule has 2 rings (SSSR count). The molecule has 0 unspecified atom stereocenters. The SMILES string of the molecule is Fc1cc(OC(F)F)ccc1-n1cccn1. The molecule has 0 spiro atoms. The Bertz CT molecular complexity index is 471. The number of nitrogens with zero attached hydrogens (tertiary/aromatic N) is 2. The first kappa shape index (κ1) is 10.5. The third kappa shape index (κ3) is 2.16. The van der Waals surface area contributed by atoms with Crippen molar-refractivity contribution in [1.29, 1.82) is 0 Å². The van der Waals surface area contributed by atoms with Gasteiger partial charge in [-0.15, -0.1) is 0 Å². The van der Waals surface area contributed by atoms with E-state index in [1.165, 1.54) is 23.0 Å². The topological polar surface area (TPSA) is 27.1 Å². The highest BCUT2D eigenvalue weighted by atomic mass is 19.3. The molecular weight excluding hydrogens is 221 g/mol. The molecule has 1 aromatic heterocycles. The Kier molecular flexibility index (Phi) is 2.80. The van der Waals surface area contributed by atoms with Crippen molar-refractivity contribution in [3.63, 3.8) is 0 Å². The van der Waals surface area contributed by atoms with E-state index in [0.717, 1.165) is 6.07 Å². The fourth-order valence-electron chi connectivity index (χ4n) is 1.26. The predicted octanol–water partition coefficient (Wildman–Crippen LogP) is 2.61. The van der Waals surface area contributed by atoms with Crippen LogP contribution >= 0.6 is 0 Å². The van der Waals surface area contributed by atoms with E-state index >= 15 is 0 Å². The molecule has 0 N–H and O–H groups in total. The van der Waals surface area contributed by atoms with Crippen molar-refractivity contribution in [3.05, 3.63) is 42.5 Å². The Labute approximate surface area is 89.1 Å². The lowest BCUT2D eigenvalue weighted by molar-refractivity contribution is -0.0499. The summed E-state index contributed by atoms with van der Waals surface area (Å²) < 4.78 is 42.6. The van der Waals surface area contributed by atoms with Crippen molar-refractivity contribution in [2.24, 2.45) is 0 Å². The average molecular weight is 228 g/mol. The van der Waals surface area contributed by atoms with Gasteiger partial charge in [-0.1, -0.05) is 0 Å². The molecule has 0 fully saturated rings. The van der Waals surface area contributed by atoms with Crippen LogP contribution in [-0.2, 0) is 0 Å². The maximum absolute atomic E-state index is 13.5. The number of hydrogen-bond donors (Lipinski definition) is 0. The van der Waals surface area contributed by atoms with Crippen molar-refractivity contribution in [3.8, 4) is 11.4 Å². The summed E-state index contributed by atoms with van der Waals surface area (Å²) in [4.78, 5) is 0. The third-order valence-corrected chi connectivity index (χ3v) is 1.90. The molecule has 0 saturated carbocycles. The van der Waals surface area contributed by atoms with Gasteiger partial charge in [0.15, 0.2) is 5.82 Å². The van der Waals surface area contributed by atoms with Crippen LogP contribution < -0.4 is 4.74 Å². The molecule has 2 aromatic rings. The van der Waals surface area contributed by atoms with Crippen LogP contribution in [0.4, 0.5) is 13.2 Å².